The topological polar surface area (TPSA) is 99.3 Å². The number of nitrogens with zero attached hydrogens (tertiary/aromatic N) is 3. The van der Waals surface area contributed by atoms with Gasteiger partial charge >= 0.3 is 12.0 Å². The van der Waals surface area contributed by atoms with Crippen molar-refractivity contribution in [1.82, 2.24) is 19.4 Å². The number of hydrogen-bond donors (Lipinski definition) is 1. The molecule has 4 rings (SSSR count). The zero-order valence-corrected chi connectivity index (χ0v) is 22.8. The van der Waals surface area contributed by atoms with E-state index in [4.69, 9.17) is 4.74 Å². The molecule has 11 heteroatoms. The van der Waals surface area contributed by atoms with E-state index in [0.29, 0.717) is 24.4 Å². The highest BCUT2D eigenvalue weighted by Gasteiger charge is 2.39. The quantitative estimate of drug-likeness (QED) is 0.538. The van der Waals surface area contributed by atoms with Crippen LogP contribution in [0.25, 0.3) is 0 Å². The van der Waals surface area contributed by atoms with Gasteiger partial charge in [0, 0.05) is 45.0 Å². The number of halogens is 1. The molecule has 0 aromatic heterocycles. The minimum absolute atomic E-state index is 0.149. The summed E-state index contributed by atoms with van der Waals surface area (Å²) >= 11 is 0. The van der Waals surface area contributed by atoms with E-state index in [1.54, 1.807) is 38.2 Å². The highest BCUT2D eigenvalue weighted by molar-refractivity contribution is 7.89. The number of rotatable bonds is 7. The standard InChI is InChI=1S/C27H33FN4O5S/c1-5-37-26(33)24-23(30(4)27(34)29-25(24)20-8-10-21(28)11-9-20)17-31-14-15-32(19(3)16-31)38(35,36)22-12-6-18(2)7-13-22/h6-13,19,25H,5,14-17H2,1-4H3,(H,29,34). The van der Waals surface area contributed by atoms with Gasteiger partial charge in [0.1, 0.15) is 5.82 Å². The number of piperazine rings is 1. The lowest BCUT2D eigenvalue weighted by molar-refractivity contribution is -0.139. The summed E-state index contributed by atoms with van der Waals surface area (Å²) in [5.74, 6) is -1.00. The molecule has 9 nitrogen and oxygen atoms in total. The molecule has 1 saturated heterocycles. The summed E-state index contributed by atoms with van der Waals surface area (Å²) in [6.07, 6.45) is 0. The molecule has 204 valence electrons. The third-order valence-electron chi connectivity index (χ3n) is 6.93. The lowest BCUT2D eigenvalue weighted by Gasteiger charge is -2.41. The van der Waals surface area contributed by atoms with Crippen LogP contribution in [0.5, 0.6) is 0 Å². The van der Waals surface area contributed by atoms with Gasteiger partial charge in [-0.05, 0) is 50.6 Å². The minimum Gasteiger partial charge on any atom is -0.463 e. The zero-order valence-electron chi connectivity index (χ0n) is 22.0. The Morgan fingerprint density at radius 3 is 2.37 bits per heavy atom. The van der Waals surface area contributed by atoms with Crippen molar-refractivity contribution in [3.8, 4) is 0 Å². The number of benzene rings is 2. The second-order valence-electron chi connectivity index (χ2n) is 9.59. The first-order chi connectivity index (χ1) is 18.0. The summed E-state index contributed by atoms with van der Waals surface area (Å²) in [5, 5.41) is 2.82. The zero-order chi connectivity index (χ0) is 27.6. The molecule has 2 aliphatic rings. The molecule has 0 spiro atoms. The fraction of sp³-hybridized carbons (Fsp3) is 0.407. The van der Waals surface area contributed by atoms with Crippen molar-refractivity contribution in [2.45, 2.75) is 37.8 Å². The molecule has 2 unspecified atom stereocenters. The van der Waals surface area contributed by atoms with Crippen molar-refractivity contribution in [3.05, 3.63) is 76.7 Å². The largest absolute Gasteiger partial charge is 0.463 e. The van der Waals surface area contributed by atoms with Gasteiger partial charge in [0.15, 0.2) is 0 Å². The van der Waals surface area contributed by atoms with Crippen molar-refractivity contribution in [1.29, 1.82) is 0 Å². The Morgan fingerprint density at radius 1 is 1.11 bits per heavy atom. The SMILES string of the molecule is CCOC(=O)C1=C(CN2CCN(S(=O)(=O)c3ccc(C)cc3)C(C)C2)N(C)C(=O)NC1c1ccc(F)cc1. The average molecular weight is 545 g/mol. The Balaban J connectivity index is 1.62. The van der Waals surface area contributed by atoms with Crippen LogP contribution < -0.4 is 5.32 Å². The predicted molar refractivity (Wildman–Crippen MR) is 140 cm³/mol. The van der Waals surface area contributed by atoms with E-state index in [2.05, 4.69) is 5.32 Å². The van der Waals surface area contributed by atoms with Crippen LogP contribution in [0.1, 0.15) is 31.0 Å². The van der Waals surface area contributed by atoms with Gasteiger partial charge in [-0.2, -0.15) is 4.31 Å². The van der Waals surface area contributed by atoms with Gasteiger partial charge < -0.3 is 10.1 Å². The summed E-state index contributed by atoms with van der Waals surface area (Å²) in [4.78, 5) is 29.7. The Morgan fingerprint density at radius 2 is 1.76 bits per heavy atom. The van der Waals surface area contributed by atoms with Crippen LogP contribution in [-0.2, 0) is 19.6 Å². The Bertz CT molecular complexity index is 1330. The van der Waals surface area contributed by atoms with Crippen LogP contribution in [0.15, 0.2) is 64.7 Å². The monoisotopic (exact) mass is 544 g/mol. The van der Waals surface area contributed by atoms with E-state index in [0.717, 1.165) is 5.56 Å². The number of nitrogens with one attached hydrogen (secondary N) is 1. The summed E-state index contributed by atoms with van der Waals surface area (Å²) in [6.45, 7) is 6.90. The maximum absolute atomic E-state index is 13.6. The second kappa shape index (κ2) is 11.2. The Labute approximate surface area is 222 Å². The number of sulfonamides is 1. The first-order valence-corrected chi connectivity index (χ1v) is 14.0. The number of urea groups is 1. The fourth-order valence-corrected chi connectivity index (χ4v) is 6.49. The van der Waals surface area contributed by atoms with Crippen molar-refractivity contribution in [2.24, 2.45) is 0 Å². The number of likely N-dealkylation sites (N-methyl/N-ethyl adjacent to an activating group) is 1. The molecule has 2 aliphatic heterocycles. The van der Waals surface area contributed by atoms with E-state index >= 15 is 0 Å². The van der Waals surface area contributed by atoms with Crippen molar-refractivity contribution < 1.29 is 27.1 Å². The van der Waals surface area contributed by atoms with Gasteiger partial charge in [0.05, 0.1) is 23.1 Å². The number of carbonyl (C=O) groups is 2. The van der Waals surface area contributed by atoms with Crippen LogP contribution in [0.3, 0.4) is 0 Å². The van der Waals surface area contributed by atoms with Crippen LogP contribution >= 0.6 is 0 Å². The highest BCUT2D eigenvalue weighted by atomic mass is 32.2. The normalized spacial score (nSPS) is 21.4. The summed E-state index contributed by atoms with van der Waals surface area (Å²) in [5.41, 5.74) is 2.26. The number of amides is 2. The molecule has 1 N–H and O–H groups in total. The Hall–Kier alpha value is -3.28. The number of esters is 1. The van der Waals surface area contributed by atoms with Crippen molar-refractivity contribution in [3.63, 3.8) is 0 Å². The van der Waals surface area contributed by atoms with Gasteiger partial charge in [0.2, 0.25) is 10.0 Å². The molecule has 0 bridgehead atoms. The molecule has 0 aliphatic carbocycles. The molecular formula is C27H33FN4O5S. The number of hydrogen-bond acceptors (Lipinski definition) is 6. The molecule has 0 saturated carbocycles. The molecule has 38 heavy (non-hydrogen) atoms. The molecule has 2 amide bonds. The first-order valence-electron chi connectivity index (χ1n) is 12.5. The first kappa shape index (κ1) is 27.7. The number of aryl methyl sites for hydroxylation is 1. The third-order valence-corrected chi connectivity index (χ3v) is 8.95. The Kier molecular flexibility index (Phi) is 8.19. The van der Waals surface area contributed by atoms with Crippen LogP contribution in [0.4, 0.5) is 9.18 Å². The predicted octanol–water partition coefficient (Wildman–Crippen LogP) is 3.04. The molecule has 2 atom stereocenters. The molecule has 2 heterocycles. The van der Waals surface area contributed by atoms with E-state index in [1.165, 1.54) is 33.5 Å². The number of carbonyl (C=O) groups excluding carboxylic acids is 2. The molecule has 1 fully saturated rings. The molecule has 2 aromatic rings. The van der Waals surface area contributed by atoms with E-state index in [9.17, 15) is 22.4 Å². The molecular weight excluding hydrogens is 511 g/mol. The van der Waals surface area contributed by atoms with E-state index in [-0.39, 0.29) is 36.2 Å². The van der Waals surface area contributed by atoms with Gasteiger partial charge in [-0.3, -0.25) is 9.80 Å². The van der Waals surface area contributed by atoms with Gasteiger partial charge in [0.25, 0.3) is 0 Å². The maximum atomic E-state index is 13.6. The fourth-order valence-electron chi connectivity index (χ4n) is 4.88. The summed E-state index contributed by atoms with van der Waals surface area (Å²) in [6, 6.07) is 10.8. The van der Waals surface area contributed by atoms with Crippen molar-refractivity contribution in [2.75, 3.05) is 39.8 Å². The second-order valence-corrected chi connectivity index (χ2v) is 11.5. The van der Waals surface area contributed by atoms with Crippen LogP contribution in [0, 0.1) is 12.7 Å². The van der Waals surface area contributed by atoms with Gasteiger partial charge in [-0.1, -0.05) is 29.8 Å². The van der Waals surface area contributed by atoms with Crippen LogP contribution in [-0.4, -0.2) is 80.4 Å². The van der Waals surface area contributed by atoms with E-state index < -0.39 is 33.9 Å². The average Bonchev–Trinajstić information content (AvgIpc) is 2.87. The van der Waals surface area contributed by atoms with E-state index in [1.807, 2.05) is 18.7 Å². The molecule has 2 aromatic carbocycles. The smallest absolute Gasteiger partial charge is 0.338 e. The summed E-state index contributed by atoms with van der Waals surface area (Å²) in [7, 11) is -2.09. The molecule has 0 radical (unpaired) electrons. The van der Waals surface area contributed by atoms with Gasteiger partial charge in [-0.15, -0.1) is 0 Å². The summed E-state index contributed by atoms with van der Waals surface area (Å²) < 4.78 is 47.0. The van der Waals surface area contributed by atoms with Crippen molar-refractivity contribution >= 4 is 22.0 Å². The lowest BCUT2D eigenvalue weighted by atomic mass is 9.94. The minimum atomic E-state index is -3.67. The number of ether oxygens (including phenoxy) is 1. The lowest BCUT2D eigenvalue weighted by Crippen LogP contribution is -2.56. The van der Waals surface area contributed by atoms with Crippen LogP contribution in [0.2, 0.25) is 0 Å². The highest BCUT2D eigenvalue weighted by Crippen LogP contribution is 2.32. The van der Waals surface area contributed by atoms with Gasteiger partial charge in [-0.25, -0.2) is 22.4 Å². The maximum Gasteiger partial charge on any atom is 0.338 e. The third kappa shape index (κ3) is 5.59.